The summed E-state index contributed by atoms with van der Waals surface area (Å²) in [5.74, 6) is -0.395. The monoisotopic (exact) mass is 223 g/mol. The van der Waals surface area contributed by atoms with Gasteiger partial charge in [0.05, 0.1) is 0 Å². The predicted molar refractivity (Wildman–Crippen MR) is 61.4 cm³/mol. The number of hydrogen-bond donors (Lipinski definition) is 2. The number of benzene rings is 1. The van der Waals surface area contributed by atoms with Crippen LogP contribution in [0, 0.1) is 6.92 Å². The maximum Gasteiger partial charge on any atom is 0.344 e. The molecule has 0 heterocycles. The fourth-order valence-electron chi connectivity index (χ4n) is 1.44. The number of carboxylic acid groups (broad SMARTS) is 1. The molecule has 1 aromatic rings. The van der Waals surface area contributed by atoms with Gasteiger partial charge in [0.1, 0.15) is 5.75 Å². The Labute approximate surface area is 95.0 Å². The van der Waals surface area contributed by atoms with Crippen LogP contribution in [0.3, 0.4) is 0 Å². The van der Waals surface area contributed by atoms with Gasteiger partial charge in [-0.3, -0.25) is 0 Å². The Morgan fingerprint density at radius 2 is 2.25 bits per heavy atom. The van der Waals surface area contributed by atoms with Gasteiger partial charge in [-0.2, -0.15) is 0 Å². The van der Waals surface area contributed by atoms with Crippen LogP contribution in [-0.2, 0) is 11.3 Å². The van der Waals surface area contributed by atoms with Crippen molar-refractivity contribution < 1.29 is 14.6 Å². The Morgan fingerprint density at radius 1 is 1.56 bits per heavy atom. The van der Waals surface area contributed by atoms with Crippen LogP contribution in [-0.4, -0.2) is 17.2 Å². The van der Waals surface area contributed by atoms with E-state index in [4.69, 9.17) is 15.6 Å². The lowest BCUT2D eigenvalue weighted by molar-refractivity contribution is -0.145. The number of ether oxygens (including phenoxy) is 1. The van der Waals surface area contributed by atoms with Crippen LogP contribution in [0.4, 0.5) is 0 Å². The quantitative estimate of drug-likeness (QED) is 0.796. The molecule has 0 saturated carbocycles. The molecular formula is C12H17NO3. The van der Waals surface area contributed by atoms with Crippen LogP contribution in [0.25, 0.3) is 0 Å². The molecule has 1 aromatic carbocycles. The summed E-state index contributed by atoms with van der Waals surface area (Å²) in [6, 6.07) is 5.55. The van der Waals surface area contributed by atoms with Gasteiger partial charge < -0.3 is 15.6 Å². The zero-order valence-electron chi connectivity index (χ0n) is 9.56. The minimum absolute atomic E-state index is 0.340. The third-order valence-corrected chi connectivity index (χ3v) is 2.35. The van der Waals surface area contributed by atoms with E-state index in [1.807, 2.05) is 19.1 Å². The summed E-state index contributed by atoms with van der Waals surface area (Å²) in [4.78, 5) is 10.8. The molecule has 1 unspecified atom stereocenters. The second-order valence-electron chi connectivity index (χ2n) is 3.67. The molecule has 3 N–H and O–H groups in total. The second-order valence-corrected chi connectivity index (χ2v) is 3.67. The number of nitrogens with two attached hydrogens (primary N) is 1. The van der Waals surface area contributed by atoms with Crippen molar-refractivity contribution in [1.29, 1.82) is 0 Å². The lowest BCUT2D eigenvalue weighted by Gasteiger charge is -2.16. The highest BCUT2D eigenvalue weighted by molar-refractivity contribution is 5.72. The summed E-state index contributed by atoms with van der Waals surface area (Å²) < 4.78 is 5.42. The molecular weight excluding hydrogens is 206 g/mol. The van der Waals surface area contributed by atoms with Crippen molar-refractivity contribution in [2.24, 2.45) is 5.73 Å². The highest BCUT2D eigenvalue weighted by Gasteiger charge is 2.17. The first kappa shape index (κ1) is 12.5. The van der Waals surface area contributed by atoms with Gasteiger partial charge in [-0.25, -0.2) is 4.79 Å². The third kappa shape index (κ3) is 2.97. The van der Waals surface area contributed by atoms with Crippen LogP contribution in [0.1, 0.15) is 24.5 Å². The van der Waals surface area contributed by atoms with Gasteiger partial charge >= 0.3 is 5.97 Å². The fraction of sp³-hybridized carbons (Fsp3) is 0.417. The molecule has 16 heavy (non-hydrogen) atoms. The molecule has 88 valence electrons. The van der Waals surface area contributed by atoms with Crippen molar-refractivity contribution in [2.75, 3.05) is 0 Å². The Bertz CT molecular complexity index is 377. The van der Waals surface area contributed by atoms with Gasteiger partial charge in [-0.15, -0.1) is 0 Å². The Morgan fingerprint density at radius 3 is 2.75 bits per heavy atom. The lowest BCUT2D eigenvalue weighted by atomic mass is 10.1. The largest absolute Gasteiger partial charge is 0.479 e. The average Bonchev–Trinajstić information content (AvgIpc) is 2.26. The molecule has 0 aliphatic rings. The minimum atomic E-state index is -0.953. The summed E-state index contributed by atoms with van der Waals surface area (Å²) >= 11 is 0. The first-order valence-electron chi connectivity index (χ1n) is 5.27. The van der Waals surface area contributed by atoms with E-state index in [0.29, 0.717) is 18.7 Å². The molecule has 1 atom stereocenters. The number of hydrogen-bond acceptors (Lipinski definition) is 3. The van der Waals surface area contributed by atoms with Crippen molar-refractivity contribution in [3.8, 4) is 5.75 Å². The van der Waals surface area contributed by atoms with Gasteiger partial charge in [-0.05, 0) is 19.4 Å². The zero-order chi connectivity index (χ0) is 12.1. The van der Waals surface area contributed by atoms with E-state index in [-0.39, 0.29) is 0 Å². The highest BCUT2D eigenvalue weighted by Crippen LogP contribution is 2.21. The van der Waals surface area contributed by atoms with Crippen molar-refractivity contribution >= 4 is 5.97 Å². The molecule has 0 bridgehead atoms. The van der Waals surface area contributed by atoms with Crippen LogP contribution in [0.15, 0.2) is 18.2 Å². The SMILES string of the molecule is CCC(Oc1ccc(C)cc1CN)C(=O)O. The molecule has 0 aromatic heterocycles. The first-order valence-corrected chi connectivity index (χ1v) is 5.27. The van der Waals surface area contributed by atoms with Crippen LogP contribution in [0.2, 0.25) is 0 Å². The maximum atomic E-state index is 10.8. The highest BCUT2D eigenvalue weighted by atomic mass is 16.5. The Hall–Kier alpha value is -1.55. The molecule has 0 radical (unpaired) electrons. The summed E-state index contributed by atoms with van der Waals surface area (Å²) in [5.41, 5.74) is 7.50. The van der Waals surface area contributed by atoms with Crippen molar-refractivity contribution in [3.63, 3.8) is 0 Å². The number of aryl methyl sites for hydroxylation is 1. The molecule has 4 nitrogen and oxygen atoms in total. The van der Waals surface area contributed by atoms with Crippen LogP contribution >= 0.6 is 0 Å². The molecule has 0 aliphatic carbocycles. The van der Waals surface area contributed by atoms with Gasteiger partial charge in [0, 0.05) is 12.1 Å². The molecule has 0 spiro atoms. The first-order chi connectivity index (χ1) is 7.58. The van der Waals surface area contributed by atoms with E-state index < -0.39 is 12.1 Å². The van der Waals surface area contributed by atoms with E-state index >= 15 is 0 Å². The standard InChI is InChI=1S/C12H17NO3/c1-3-10(12(14)15)16-11-5-4-8(2)6-9(11)7-13/h4-6,10H,3,7,13H2,1-2H3,(H,14,15). The Balaban J connectivity index is 2.91. The smallest absolute Gasteiger partial charge is 0.344 e. The van der Waals surface area contributed by atoms with Crippen molar-refractivity contribution in [3.05, 3.63) is 29.3 Å². The molecule has 1 rings (SSSR count). The van der Waals surface area contributed by atoms with Gasteiger partial charge in [0.2, 0.25) is 0 Å². The van der Waals surface area contributed by atoms with E-state index in [1.165, 1.54) is 0 Å². The topological polar surface area (TPSA) is 72.5 Å². The number of carboxylic acids is 1. The predicted octanol–water partition coefficient (Wildman–Crippen LogP) is 1.70. The lowest BCUT2D eigenvalue weighted by Crippen LogP contribution is -2.26. The minimum Gasteiger partial charge on any atom is -0.479 e. The number of aliphatic carboxylic acids is 1. The fourth-order valence-corrected chi connectivity index (χ4v) is 1.44. The van der Waals surface area contributed by atoms with Gasteiger partial charge in [0.25, 0.3) is 0 Å². The van der Waals surface area contributed by atoms with E-state index in [1.54, 1.807) is 13.0 Å². The maximum absolute atomic E-state index is 10.8. The third-order valence-electron chi connectivity index (χ3n) is 2.35. The van der Waals surface area contributed by atoms with E-state index in [9.17, 15) is 4.79 Å². The zero-order valence-corrected chi connectivity index (χ0v) is 9.56. The van der Waals surface area contributed by atoms with Crippen molar-refractivity contribution in [1.82, 2.24) is 0 Å². The van der Waals surface area contributed by atoms with E-state index in [2.05, 4.69) is 0 Å². The van der Waals surface area contributed by atoms with Gasteiger partial charge in [0.15, 0.2) is 6.10 Å². The Kier molecular flexibility index (Phi) is 4.31. The second kappa shape index (κ2) is 5.51. The summed E-state index contributed by atoms with van der Waals surface area (Å²) in [6.45, 7) is 4.07. The van der Waals surface area contributed by atoms with E-state index in [0.717, 1.165) is 11.1 Å². The number of rotatable bonds is 5. The van der Waals surface area contributed by atoms with Crippen LogP contribution < -0.4 is 10.5 Å². The van der Waals surface area contributed by atoms with Gasteiger partial charge in [-0.1, -0.05) is 24.6 Å². The number of carbonyl (C=O) groups is 1. The van der Waals surface area contributed by atoms with Crippen LogP contribution in [0.5, 0.6) is 5.75 Å². The normalized spacial score (nSPS) is 12.2. The molecule has 0 amide bonds. The molecule has 0 saturated heterocycles. The molecule has 0 aliphatic heterocycles. The van der Waals surface area contributed by atoms with Crippen molar-refractivity contribution in [2.45, 2.75) is 32.9 Å². The summed E-state index contributed by atoms with van der Waals surface area (Å²) in [7, 11) is 0. The molecule has 0 fully saturated rings. The summed E-state index contributed by atoms with van der Waals surface area (Å²) in [6.07, 6.45) is -0.388. The average molecular weight is 223 g/mol. The molecule has 4 heteroatoms. The summed E-state index contributed by atoms with van der Waals surface area (Å²) in [5, 5.41) is 8.90.